The molecule has 0 unspecified atom stereocenters. The van der Waals surface area contributed by atoms with Crippen LogP contribution in [-0.2, 0) is 11.2 Å². The molecule has 122 valence electrons. The molecular formula is C17H20N2O3S. The number of methoxy groups -OCH3 is 2. The summed E-state index contributed by atoms with van der Waals surface area (Å²) in [6.07, 6.45) is 2.08. The molecule has 0 aliphatic carbocycles. The Balaban J connectivity index is 1.76. The predicted molar refractivity (Wildman–Crippen MR) is 91.2 cm³/mol. The van der Waals surface area contributed by atoms with Crippen LogP contribution in [0.3, 0.4) is 0 Å². The topological polar surface area (TPSA) is 60.5 Å². The van der Waals surface area contributed by atoms with Crippen molar-refractivity contribution < 1.29 is 14.3 Å². The summed E-state index contributed by atoms with van der Waals surface area (Å²) >= 11 is 1.62. The number of amides is 1. The van der Waals surface area contributed by atoms with Crippen LogP contribution in [0.2, 0.25) is 0 Å². The Morgan fingerprint density at radius 2 is 2.00 bits per heavy atom. The quantitative estimate of drug-likeness (QED) is 0.595. The van der Waals surface area contributed by atoms with Gasteiger partial charge in [0.2, 0.25) is 5.91 Å². The van der Waals surface area contributed by atoms with Crippen molar-refractivity contribution in [1.29, 1.82) is 0 Å². The molecule has 0 bridgehead atoms. The highest BCUT2D eigenvalue weighted by atomic mass is 32.2. The van der Waals surface area contributed by atoms with Gasteiger partial charge in [-0.1, -0.05) is 12.1 Å². The van der Waals surface area contributed by atoms with Gasteiger partial charge in [0.1, 0.15) is 0 Å². The van der Waals surface area contributed by atoms with Gasteiger partial charge in [0.15, 0.2) is 11.5 Å². The number of rotatable bonds is 8. The lowest BCUT2D eigenvalue weighted by atomic mass is 10.1. The molecule has 1 N–H and O–H groups in total. The number of aromatic nitrogens is 1. The van der Waals surface area contributed by atoms with Gasteiger partial charge in [0, 0.05) is 18.5 Å². The van der Waals surface area contributed by atoms with E-state index in [1.165, 1.54) is 0 Å². The molecule has 0 fully saturated rings. The molecule has 2 aromatic rings. The Bertz CT molecular complexity index is 635. The van der Waals surface area contributed by atoms with Crippen LogP contribution in [0.4, 0.5) is 0 Å². The number of carbonyl (C=O) groups is 1. The first-order valence-electron chi connectivity index (χ1n) is 7.24. The van der Waals surface area contributed by atoms with Crippen LogP contribution in [0.15, 0.2) is 47.6 Å². The number of ether oxygens (including phenoxy) is 2. The molecular weight excluding hydrogens is 312 g/mol. The fourth-order valence-electron chi connectivity index (χ4n) is 2.02. The van der Waals surface area contributed by atoms with E-state index in [1.54, 1.807) is 38.2 Å². The van der Waals surface area contributed by atoms with E-state index in [1.807, 2.05) is 30.3 Å². The highest BCUT2D eigenvalue weighted by Gasteiger charge is 2.08. The van der Waals surface area contributed by atoms with Crippen molar-refractivity contribution in [2.45, 2.75) is 11.4 Å². The molecule has 5 nitrogen and oxygen atoms in total. The van der Waals surface area contributed by atoms with Crippen LogP contribution in [0.5, 0.6) is 11.5 Å². The minimum atomic E-state index is -0.0150. The molecule has 0 aliphatic heterocycles. The number of pyridine rings is 1. The Morgan fingerprint density at radius 3 is 2.70 bits per heavy atom. The Labute approximate surface area is 140 Å². The van der Waals surface area contributed by atoms with Gasteiger partial charge in [0.25, 0.3) is 0 Å². The molecule has 0 atom stereocenters. The second-order valence-electron chi connectivity index (χ2n) is 4.73. The third kappa shape index (κ3) is 5.49. The average Bonchev–Trinajstić information content (AvgIpc) is 2.59. The Hall–Kier alpha value is -2.21. The van der Waals surface area contributed by atoms with E-state index in [0.29, 0.717) is 24.5 Å². The maximum atomic E-state index is 12.0. The van der Waals surface area contributed by atoms with E-state index in [4.69, 9.17) is 9.47 Å². The van der Waals surface area contributed by atoms with Crippen molar-refractivity contribution in [3.8, 4) is 11.5 Å². The first-order chi connectivity index (χ1) is 11.2. The lowest BCUT2D eigenvalue weighted by molar-refractivity contribution is -0.120. The number of benzene rings is 1. The second kappa shape index (κ2) is 9.05. The highest BCUT2D eigenvalue weighted by Crippen LogP contribution is 2.27. The Kier molecular flexibility index (Phi) is 6.75. The standard InChI is InChI=1S/C17H20N2O3S/c1-21-14-7-6-13(11-15(14)22-2)12-16(20)18-9-10-23-17-5-3-4-8-19-17/h3-8,11H,9-10,12H2,1-2H3,(H,18,20). The highest BCUT2D eigenvalue weighted by molar-refractivity contribution is 7.99. The maximum absolute atomic E-state index is 12.0. The summed E-state index contributed by atoms with van der Waals surface area (Å²) in [5.74, 6) is 2.06. The van der Waals surface area contributed by atoms with Gasteiger partial charge in [-0.3, -0.25) is 4.79 Å². The number of hydrogen-bond donors (Lipinski definition) is 1. The van der Waals surface area contributed by atoms with Crippen molar-refractivity contribution in [3.05, 3.63) is 48.2 Å². The molecule has 0 saturated carbocycles. The number of carbonyl (C=O) groups excluding carboxylic acids is 1. The monoisotopic (exact) mass is 332 g/mol. The molecule has 0 spiro atoms. The molecule has 1 aromatic heterocycles. The van der Waals surface area contributed by atoms with E-state index in [-0.39, 0.29) is 5.91 Å². The minimum absolute atomic E-state index is 0.0150. The van der Waals surface area contributed by atoms with Crippen LogP contribution in [0, 0.1) is 0 Å². The number of hydrogen-bond acceptors (Lipinski definition) is 5. The van der Waals surface area contributed by atoms with Crippen molar-refractivity contribution in [2.24, 2.45) is 0 Å². The second-order valence-corrected chi connectivity index (χ2v) is 5.85. The predicted octanol–water partition coefficient (Wildman–Crippen LogP) is 2.55. The molecule has 0 saturated heterocycles. The Morgan fingerprint density at radius 1 is 1.17 bits per heavy atom. The summed E-state index contributed by atoms with van der Waals surface area (Å²) < 4.78 is 10.4. The van der Waals surface area contributed by atoms with Crippen LogP contribution >= 0.6 is 11.8 Å². The maximum Gasteiger partial charge on any atom is 0.224 e. The third-order valence-corrected chi connectivity index (χ3v) is 4.07. The average molecular weight is 332 g/mol. The molecule has 6 heteroatoms. The van der Waals surface area contributed by atoms with Crippen LogP contribution in [0.25, 0.3) is 0 Å². The molecule has 1 heterocycles. The zero-order chi connectivity index (χ0) is 16.5. The number of nitrogens with one attached hydrogen (secondary N) is 1. The first kappa shape index (κ1) is 17.1. The molecule has 2 rings (SSSR count). The van der Waals surface area contributed by atoms with Gasteiger partial charge in [-0.15, -0.1) is 11.8 Å². The van der Waals surface area contributed by atoms with Crippen LogP contribution in [0.1, 0.15) is 5.56 Å². The molecule has 23 heavy (non-hydrogen) atoms. The van der Waals surface area contributed by atoms with Gasteiger partial charge < -0.3 is 14.8 Å². The number of nitrogens with zero attached hydrogens (tertiary/aromatic N) is 1. The van der Waals surface area contributed by atoms with E-state index in [9.17, 15) is 4.79 Å². The van der Waals surface area contributed by atoms with Gasteiger partial charge >= 0.3 is 0 Å². The molecule has 1 amide bonds. The van der Waals surface area contributed by atoms with Gasteiger partial charge in [-0.25, -0.2) is 4.98 Å². The van der Waals surface area contributed by atoms with Gasteiger partial charge in [0.05, 0.1) is 25.7 Å². The van der Waals surface area contributed by atoms with Crippen molar-refractivity contribution in [3.63, 3.8) is 0 Å². The van der Waals surface area contributed by atoms with E-state index in [0.717, 1.165) is 16.3 Å². The lowest BCUT2D eigenvalue weighted by Crippen LogP contribution is -2.27. The molecule has 1 aromatic carbocycles. The summed E-state index contributed by atoms with van der Waals surface area (Å²) in [6.45, 7) is 0.605. The van der Waals surface area contributed by atoms with E-state index < -0.39 is 0 Å². The summed E-state index contributed by atoms with van der Waals surface area (Å²) in [6, 6.07) is 11.3. The van der Waals surface area contributed by atoms with Crippen molar-refractivity contribution >= 4 is 17.7 Å². The molecule has 0 aliphatic rings. The largest absolute Gasteiger partial charge is 0.493 e. The van der Waals surface area contributed by atoms with Gasteiger partial charge in [-0.2, -0.15) is 0 Å². The smallest absolute Gasteiger partial charge is 0.224 e. The summed E-state index contributed by atoms with van der Waals surface area (Å²) in [4.78, 5) is 16.2. The molecule has 0 radical (unpaired) electrons. The van der Waals surface area contributed by atoms with Crippen LogP contribution in [-0.4, -0.2) is 37.4 Å². The van der Waals surface area contributed by atoms with Crippen LogP contribution < -0.4 is 14.8 Å². The SMILES string of the molecule is COc1ccc(CC(=O)NCCSc2ccccn2)cc1OC. The zero-order valence-electron chi connectivity index (χ0n) is 13.2. The van der Waals surface area contributed by atoms with Gasteiger partial charge in [-0.05, 0) is 29.8 Å². The summed E-state index contributed by atoms with van der Waals surface area (Å²) in [7, 11) is 3.17. The third-order valence-electron chi connectivity index (χ3n) is 3.12. The summed E-state index contributed by atoms with van der Waals surface area (Å²) in [5.41, 5.74) is 0.887. The zero-order valence-corrected chi connectivity index (χ0v) is 14.1. The summed E-state index contributed by atoms with van der Waals surface area (Å²) in [5, 5.41) is 3.87. The minimum Gasteiger partial charge on any atom is -0.493 e. The first-order valence-corrected chi connectivity index (χ1v) is 8.23. The fourth-order valence-corrected chi connectivity index (χ4v) is 2.74. The van der Waals surface area contributed by atoms with E-state index >= 15 is 0 Å². The fraction of sp³-hybridized carbons (Fsp3) is 0.294. The van der Waals surface area contributed by atoms with E-state index in [2.05, 4.69) is 10.3 Å². The lowest BCUT2D eigenvalue weighted by Gasteiger charge is -2.10. The van der Waals surface area contributed by atoms with Crippen molar-refractivity contribution in [2.75, 3.05) is 26.5 Å². The number of thioether (sulfide) groups is 1. The normalized spacial score (nSPS) is 10.2. The van der Waals surface area contributed by atoms with Crippen molar-refractivity contribution in [1.82, 2.24) is 10.3 Å².